The summed E-state index contributed by atoms with van der Waals surface area (Å²) in [6.45, 7) is 1.82. The van der Waals surface area contributed by atoms with Gasteiger partial charge in [0.05, 0.1) is 16.3 Å². The third-order valence-electron chi connectivity index (χ3n) is 5.73. The Balaban J connectivity index is 1.40. The monoisotopic (exact) mass is 527 g/mol. The van der Waals surface area contributed by atoms with Crippen molar-refractivity contribution in [3.63, 3.8) is 0 Å². The Morgan fingerprint density at radius 2 is 1.76 bits per heavy atom. The van der Waals surface area contributed by atoms with Gasteiger partial charge in [-0.15, -0.1) is 23.1 Å². The van der Waals surface area contributed by atoms with E-state index in [1.54, 1.807) is 17.4 Å². The summed E-state index contributed by atoms with van der Waals surface area (Å²) in [7, 11) is 0. The van der Waals surface area contributed by atoms with Crippen molar-refractivity contribution in [3.8, 4) is 16.5 Å². The van der Waals surface area contributed by atoms with E-state index in [1.165, 1.54) is 16.4 Å². The molecular weight excluding hydrogens is 502 g/mol. The van der Waals surface area contributed by atoms with Crippen LogP contribution in [0.1, 0.15) is 22.4 Å². The number of thiophene rings is 1. The lowest BCUT2D eigenvalue weighted by molar-refractivity contribution is -0.113. The van der Waals surface area contributed by atoms with Crippen LogP contribution in [0, 0.1) is 6.92 Å². The molecule has 0 saturated carbocycles. The molecule has 3 aromatic heterocycles. The molecule has 2 N–H and O–H groups in total. The molecule has 0 aliphatic rings. The van der Waals surface area contributed by atoms with E-state index in [0.717, 1.165) is 21.8 Å². The van der Waals surface area contributed by atoms with Gasteiger partial charge in [-0.05, 0) is 29.5 Å². The Morgan fingerprint density at radius 3 is 2.43 bits per heavy atom. The Kier molecular flexibility index (Phi) is 7.62. The normalized spacial score (nSPS) is 10.9. The van der Waals surface area contributed by atoms with Crippen LogP contribution in [0.4, 0.5) is 5.82 Å². The zero-order chi connectivity index (χ0) is 25.6. The highest BCUT2D eigenvalue weighted by atomic mass is 32.2. The minimum Gasteiger partial charge on any atom is -0.310 e. The molecule has 0 saturated heterocycles. The summed E-state index contributed by atoms with van der Waals surface area (Å²) in [5, 5.41) is 9.59. The first-order chi connectivity index (χ1) is 18.1. The number of carbonyl (C=O) groups is 1. The summed E-state index contributed by atoms with van der Waals surface area (Å²) in [6, 6.07) is 25.5. The van der Waals surface area contributed by atoms with Crippen molar-refractivity contribution in [2.75, 3.05) is 11.1 Å². The number of H-pyrrole nitrogens is 1. The highest BCUT2D eigenvalue weighted by molar-refractivity contribution is 7.99. The smallest absolute Gasteiger partial charge is 0.256 e. The molecule has 0 spiro atoms. The van der Waals surface area contributed by atoms with Crippen LogP contribution in [-0.4, -0.2) is 31.4 Å². The van der Waals surface area contributed by atoms with Gasteiger partial charge in [0.2, 0.25) is 11.9 Å². The highest BCUT2D eigenvalue weighted by Crippen LogP contribution is 2.27. The van der Waals surface area contributed by atoms with Crippen LogP contribution in [0.5, 0.6) is 0 Å². The largest absolute Gasteiger partial charge is 0.310 e. The van der Waals surface area contributed by atoms with Gasteiger partial charge >= 0.3 is 0 Å². The van der Waals surface area contributed by atoms with Crippen molar-refractivity contribution in [3.05, 3.63) is 117 Å². The quantitative estimate of drug-likeness (QED) is 0.266. The van der Waals surface area contributed by atoms with Crippen LogP contribution in [0.15, 0.2) is 89.0 Å². The maximum atomic E-state index is 13.1. The van der Waals surface area contributed by atoms with Gasteiger partial charge < -0.3 is 5.32 Å². The molecule has 7 nitrogen and oxygen atoms in total. The van der Waals surface area contributed by atoms with E-state index < -0.39 is 0 Å². The van der Waals surface area contributed by atoms with Crippen molar-refractivity contribution in [2.45, 2.75) is 19.1 Å². The molecule has 2 aromatic carbocycles. The molecule has 9 heteroatoms. The van der Waals surface area contributed by atoms with Crippen LogP contribution >= 0.6 is 23.1 Å². The number of nitrogens with one attached hydrogen (secondary N) is 2. The first-order valence-electron chi connectivity index (χ1n) is 11.8. The molecule has 37 heavy (non-hydrogen) atoms. The third-order valence-corrected chi connectivity index (χ3v) is 7.63. The zero-order valence-corrected chi connectivity index (χ0v) is 21.8. The average molecular weight is 528 g/mol. The Hall–Kier alpha value is -3.95. The number of aromatic amines is 1. The fourth-order valence-corrected chi connectivity index (χ4v) is 5.36. The molecule has 0 atom stereocenters. The number of hydrogen-bond donors (Lipinski definition) is 2. The number of hydrogen-bond acceptors (Lipinski definition) is 6. The first-order valence-corrected chi connectivity index (χ1v) is 13.8. The number of benzene rings is 2. The lowest BCUT2D eigenvalue weighted by atomic mass is 10.1. The topological polar surface area (TPSA) is 92.7 Å². The van der Waals surface area contributed by atoms with Crippen LogP contribution in [0.25, 0.3) is 16.5 Å². The fourth-order valence-electron chi connectivity index (χ4n) is 3.90. The highest BCUT2D eigenvalue weighted by Gasteiger charge is 2.18. The second-order valence-corrected chi connectivity index (χ2v) is 10.4. The molecule has 1 amide bonds. The van der Waals surface area contributed by atoms with E-state index in [9.17, 15) is 9.59 Å². The molecule has 0 unspecified atom stereocenters. The van der Waals surface area contributed by atoms with Gasteiger partial charge in [0, 0.05) is 23.8 Å². The minimum absolute atomic E-state index is 0.153. The second kappa shape index (κ2) is 11.4. The van der Waals surface area contributed by atoms with Crippen molar-refractivity contribution in [2.24, 2.45) is 0 Å². The standard InChI is InChI=1S/C28H25N5O2S2/c1-19-22(15-20-9-4-2-5-10-20)27(35)31-28(29-19)33-25(16-23(32-33)24-13-8-14-37-24)30-26(34)18-36-17-21-11-6-3-7-12-21/h2-14,16H,15,17-18H2,1H3,(H,30,34)(H,29,31,35). The van der Waals surface area contributed by atoms with Gasteiger partial charge in [0.1, 0.15) is 11.5 Å². The summed E-state index contributed by atoms with van der Waals surface area (Å²) in [4.78, 5) is 34.3. The molecular formula is C28H25N5O2S2. The molecule has 0 bridgehead atoms. The molecule has 0 fully saturated rings. The third kappa shape index (κ3) is 6.07. The molecule has 5 rings (SSSR count). The minimum atomic E-state index is -0.227. The van der Waals surface area contributed by atoms with Crippen LogP contribution in [0.3, 0.4) is 0 Å². The number of nitrogens with zero attached hydrogens (tertiary/aromatic N) is 3. The summed E-state index contributed by atoms with van der Waals surface area (Å²) in [5.74, 6) is 1.58. The summed E-state index contributed by atoms with van der Waals surface area (Å²) in [6.07, 6.45) is 0.483. The van der Waals surface area contributed by atoms with E-state index in [1.807, 2.05) is 85.1 Å². The molecule has 0 aliphatic carbocycles. The van der Waals surface area contributed by atoms with E-state index in [2.05, 4.69) is 20.4 Å². The maximum absolute atomic E-state index is 13.1. The first kappa shape index (κ1) is 24.7. The van der Waals surface area contributed by atoms with Crippen molar-refractivity contribution >= 4 is 34.8 Å². The van der Waals surface area contributed by atoms with Gasteiger partial charge in [0.15, 0.2) is 0 Å². The summed E-state index contributed by atoms with van der Waals surface area (Å²) >= 11 is 3.08. The number of aromatic nitrogens is 4. The number of anilines is 1. The Bertz CT molecular complexity index is 1550. The van der Waals surface area contributed by atoms with Crippen LogP contribution < -0.4 is 10.9 Å². The van der Waals surface area contributed by atoms with Gasteiger partial charge in [-0.25, -0.2) is 4.98 Å². The SMILES string of the molecule is Cc1nc(-n2nc(-c3cccs3)cc2NC(=O)CSCc2ccccc2)[nH]c(=O)c1Cc1ccccc1. The number of carbonyl (C=O) groups excluding carboxylic acids is 1. The van der Waals surface area contributed by atoms with E-state index >= 15 is 0 Å². The van der Waals surface area contributed by atoms with Crippen molar-refractivity contribution in [1.29, 1.82) is 0 Å². The Morgan fingerprint density at radius 1 is 1.03 bits per heavy atom. The summed E-state index contributed by atoms with van der Waals surface area (Å²) < 4.78 is 1.50. The van der Waals surface area contributed by atoms with E-state index in [4.69, 9.17) is 0 Å². The van der Waals surface area contributed by atoms with Gasteiger partial charge in [0.25, 0.3) is 5.56 Å². The number of rotatable bonds is 9. The van der Waals surface area contributed by atoms with E-state index in [0.29, 0.717) is 29.2 Å². The molecule has 186 valence electrons. The maximum Gasteiger partial charge on any atom is 0.256 e. The lowest BCUT2D eigenvalue weighted by Gasteiger charge is -2.11. The Labute approximate surface area is 222 Å². The molecule has 3 heterocycles. The zero-order valence-electron chi connectivity index (χ0n) is 20.2. The predicted octanol–water partition coefficient (Wildman–Crippen LogP) is 5.46. The summed E-state index contributed by atoms with van der Waals surface area (Å²) in [5.41, 5.74) is 3.88. The van der Waals surface area contributed by atoms with Crippen LogP contribution in [0.2, 0.25) is 0 Å². The van der Waals surface area contributed by atoms with Crippen LogP contribution in [-0.2, 0) is 17.0 Å². The lowest BCUT2D eigenvalue weighted by Crippen LogP contribution is -2.23. The van der Waals surface area contributed by atoms with Gasteiger partial charge in [-0.1, -0.05) is 66.7 Å². The number of thioether (sulfide) groups is 1. The van der Waals surface area contributed by atoms with E-state index in [-0.39, 0.29) is 23.2 Å². The molecule has 0 aliphatic heterocycles. The van der Waals surface area contributed by atoms with Crippen molar-refractivity contribution in [1.82, 2.24) is 19.7 Å². The molecule has 5 aromatic rings. The van der Waals surface area contributed by atoms with Gasteiger partial charge in [-0.3, -0.25) is 14.6 Å². The van der Waals surface area contributed by atoms with Crippen molar-refractivity contribution < 1.29 is 4.79 Å². The second-order valence-electron chi connectivity index (χ2n) is 8.45. The molecule has 0 radical (unpaired) electrons. The average Bonchev–Trinajstić information content (AvgIpc) is 3.58. The number of amides is 1. The van der Waals surface area contributed by atoms with Gasteiger partial charge in [-0.2, -0.15) is 9.78 Å². The number of aryl methyl sites for hydroxylation is 1. The fraction of sp³-hybridized carbons (Fsp3) is 0.143. The predicted molar refractivity (Wildman–Crippen MR) is 151 cm³/mol.